The minimum atomic E-state index is -4.54. The standard InChI is InChI=1S/C36H39F3N8O2/c1-4-44-13-15-45(16-14-44)22-26-5-7-29(18-32(26)36(37,38)39)42-35(48)46-12-10-25-6-8-30(19-31(25)24(46)2)49-34-9-11-40-47-23-27(17-33(34)47)28-20-41-43(3)21-28/h5-9,11,17-21,23-24H,4,10,12-16,22H2,1-3H3,(H,42,48)/t24-/m0/s1. The molecule has 0 bridgehead atoms. The number of carbonyl (C=O) groups excluding carboxylic acids is 1. The second kappa shape index (κ2) is 13.2. The number of alkyl halides is 3. The Morgan fingerprint density at radius 3 is 2.49 bits per heavy atom. The molecule has 13 heteroatoms. The summed E-state index contributed by atoms with van der Waals surface area (Å²) in [7, 11) is 1.87. The van der Waals surface area contributed by atoms with Gasteiger partial charge >= 0.3 is 12.2 Å². The lowest BCUT2D eigenvalue weighted by Crippen LogP contribution is -2.45. The summed E-state index contributed by atoms with van der Waals surface area (Å²) in [4.78, 5) is 19.5. The van der Waals surface area contributed by atoms with Crippen LogP contribution in [0, 0.1) is 0 Å². The number of urea groups is 1. The summed E-state index contributed by atoms with van der Waals surface area (Å²) in [5.41, 5.74) is 4.33. The third-order valence-corrected chi connectivity index (χ3v) is 9.63. The van der Waals surface area contributed by atoms with Gasteiger partial charge < -0.3 is 19.9 Å². The molecule has 5 heterocycles. The molecule has 3 aromatic heterocycles. The van der Waals surface area contributed by atoms with Gasteiger partial charge in [-0.1, -0.05) is 19.1 Å². The lowest BCUT2D eigenvalue weighted by Gasteiger charge is -2.35. The highest BCUT2D eigenvalue weighted by atomic mass is 19.4. The van der Waals surface area contributed by atoms with Gasteiger partial charge in [-0.3, -0.25) is 9.58 Å². The van der Waals surface area contributed by atoms with E-state index < -0.39 is 17.8 Å². The van der Waals surface area contributed by atoms with Crippen molar-refractivity contribution < 1.29 is 22.7 Å². The number of aryl methyl sites for hydroxylation is 1. The van der Waals surface area contributed by atoms with E-state index in [4.69, 9.17) is 4.74 Å². The van der Waals surface area contributed by atoms with Gasteiger partial charge in [0.05, 0.1) is 24.0 Å². The summed E-state index contributed by atoms with van der Waals surface area (Å²) in [5.74, 6) is 1.22. The van der Waals surface area contributed by atoms with Crippen molar-refractivity contribution in [2.24, 2.45) is 7.05 Å². The Balaban J connectivity index is 1.06. The van der Waals surface area contributed by atoms with Gasteiger partial charge in [0.2, 0.25) is 0 Å². The fourth-order valence-corrected chi connectivity index (χ4v) is 6.82. The van der Waals surface area contributed by atoms with Crippen LogP contribution in [-0.4, -0.2) is 79.4 Å². The summed E-state index contributed by atoms with van der Waals surface area (Å²) in [6, 6.07) is 13.0. The molecule has 0 spiro atoms. The first-order valence-corrected chi connectivity index (χ1v) is 16.6. The molecule has 5 aromatic rings. The zero-order chi connectivity index (χ0) is 34.3. The van der Waals surface area contributed by atoms with E-state index >= 15 is 0 Å². The Morgan fingerprint density at radius 1 is 0.959 bits per heavy atom. The number of amides is 2. The first-order valence-electron chi connectivity index (χ1n) is 16.6. The van der Waals surface area contributed by atoms with E-state index in [-0.39, 0.29) is 23.8 Å². The fraction of sp³-hybridized carbons (Fsp3) is 0.361. The van der Waals surface area contributed by atoms with Crippen molar-refractivity contribution in [2.75, 3.05) is 44.6 Å². The summed E-state index contributed by atoms with van der Waals surface area (Å²) in [6.07, 6.45) is 3.39. The predicted octanol–water partition coefficient (Wildman–Crippen LogP) is 6.83. The lowest BCUT2D eigenvalue weighted by atomic mass is 9.93. The smallest absolute Gasteiger partial charge is 0.416 e. The highest BCUT2D eigenvalue weighted by Crippen LogP contribution is 2.37. The van der Waals surface area contributed by atoms with Gasteiger partial charge in [-0.15, -0.1) is 0 Å². The van der Waals surface area contributed by atoms with E-state index in [0.29, 0.717) is 24.5 Å². The van der Waals surface area contributed by atoms with Crippen LogP contribution in [0.3, 0.4) is 0 Å². The Hall–Kier alpha value is -4.88. The average Bonchev–Trinajstić information content (AvgIpc) is 3.72. The Morgan fingerprint density at radius 2 is 1.76 bits per heavy atom. The molecule has 256 valence electrons. The van der Waals surface area contributed by atoms with Crippen LogP contribution < -0.4 is 10.1 Å². The third-order valence-electron chi connectivity index (χ3n) is 9.63. The van der Waals surface area contributed by atoms with Gasteiger partial charge in [-0.05, 0) is 66.9 Å². The number of halogens is 3. The number of aromatic nitrogens is 4. The SMILES string of the molecule is CCN1CCN(Cc2ccc(NC(=O)N3CCc4ccc(Oc5ccnn6cc(-c7cnn(C)c7)cc56)cc4[C@@H]3C)cc2C(F)(F)F)CC1. The summed E-state index contributed by atoms with van der Waals surface area (Å²) in [5, 5.41) is 11.4. The van der Waals surface area contributed by atoms with Gasteiger partial charge in [-0.25, -0.2) is 9.31 Å². The van der Waals surface area contributed by atoms with Gasteiger partial charge in [-0.2, -0.15) is 23.4 Å². The Kier molecular flexibility index (Phi) is 8.80. The van der Waals surface area contributed by atoms with E-state index in [0.717, 1.165) is 66.6 Å². The molecule has 1 saturated heterocycles. The largest absolute Gasteiger partial charge is 0.455 e. The normalized spacial score (nSPS) is 17.3. The van der Waals surface area contributed by atoms with Crippen molar-refractivity contribution >= 4 is 17.2 Å². The number of hydrogen-bond acceptors (Lipinski definition) is 6. The van der Waals surface area contributed by atoms with Crippen molar-refractivity contribution in [3.8, 4) is 22.6 Å². The topological polar surface area (TPSA) is 83.2 Å². The predicted molar refractivity (Wildman–Crippen MR) is 181 cm³/mol. The zero-order valence-electron chi connectivity index (χ0n) is 27.7. The molecule has 0 aliphatic carbocycles. The number of likely N-dealkylation sites (N-methyl/N-ethyl adjacent to an activating group) is 1. The monoisotopic (exact) mass is 672 g/mol. The molecule has 10 nitrogen and oxygen atoms in total. The Bertz CT molecular complexity index is 1980. The molecule has 1 atom stereocenters. The number of benzene rings is 2. The maximum Gasteiger partial charge on any atom is 0.416 e. The van der Waals surface area contributed by atoms with Gasteiger partial charge in [0, 0.05) is 81.6 Å². The summed E-state index contributed by atoms with van der Waals surface area (Å²) < 4.78 is 52.5. The van der Waals surface area contributed by atoms with E-state index in [2.05, 4.69) is 32.2 Å². The van der Waals surface area contributed by atoms with E-state index in [1.165, 1.54) is 6.07 Å². The van der Waals surface area contributed by atoms with Crippen LogP contribution in [-0.2, 0) is 26.2 Å². The molecule has 2 aliphatic heterocycles. The number of hydrogen-bond donors (Lipinski definition) is 1. The lowest BCUT2D eigenvalue weighted by molar-refractivity contribution is -0.138. The van der Waals surface area contributed by atoms with Crippen LogP contribution in [0.2, 0.25) is 0 Å². The van der Waals surface area contributed by atoms with E-state index in [1.807, 2.05) is 50.6 Å². The van der Waals surface area contributed by atoms with Crippen LogP contribution >= 0.6 is 0 Å². The fourth-order valence-electron chi connectivity index (χ4n) is 6.82. The van der Waals surface area contributed by atoms with E-state index in [9.17, 15) is 18.0 Å². The van der Waals surface area contributed by atoms with Crippen LogP contribution in [0.4, 0.5) is 23.7 Å². The van der Waals surface area contributed by atoms with Crippen molar-refractivity contribution in [3.05, 3.63) is 95.6 Å². The molecular weight excluding hydrogens is 633 g/mol. The average molecular weight is 673 g/mol. The molecule has 7 rings (SSSR count). The molecule has 1 fully saturated rings. The second-order valence-corrected chi connectivity index (χ2v) is 12.7. The van der Waals surface area contributed by atoms with Crippen molar-refractivity contribution in [1.82, 2.24) is 34.1 Å². The van der Waals surface area contributed by atoms with E-state index in [1.54, 1.807) is 38.6 Å². The number of anilines is 1. The van der Waals surface area contributed by atoms with Crippen molar-refractivity contribution in [1.29, 1.82) is 0 Å². The number of nitrogens with one attached hydrogen (secondary N) is 1. The van der Waals surface area contributed by atoms with Gasteiger partial charge in [0.25, 0.3) is 0 Å². The molecule has 0 unspecified atom stereocenters. The third kappa shape index (κ3) is 6.86. The quantitative estimate of drug-likeness (QED) is 0.204. The maximum atomic E-state index is 14.2. The summed E-state index contributed by atoms with van der Waals surface area (Å²) in [6.45, 7) is 8.70. The number of rotatable bonds is 7. The molecule has 2 aromatic carbocycles. The Labute approximate surface area is 282 Å². The van der Waals surface area contributed by atoms with Crippen LogP contribution in [0.5, 0.6) is 11.5 Å². The molecule has 0 saturated carbocycles. The molecule has 49 heavy (non-hydrogen) atoms. The highest BCUT2D eigenvalue weighted by Gasteiger charge is 2.35. The minimum Gasteiger partial charge on any atom is -0.455 e. The number of nitrogens with zero attached hydrogens (tertiary/aromatic N) is 7. The maximum absolute atomic E-state index is 14.2. The van der Waals surface area contributed by atoms with Crippen molar-refractivity contribution in [2.45, 2.75) is 39.0 Å². The number of carbonyl (C=O) groups is 1. The summed E-state index contributed by atoms with van der Waals surface area (Å²) >= 11 is 0. The molecule has 2 aliphatic rings. The minimum absolute atomic E-state index is 0.117. The second-order valence-electron chi connectivity index (χ2n) is 12.7. The number of piperazine rings is 1. The first-order chi connectivity index (χ1) is 23.6. The van der Waals surface area contributed by atoms with Gasteiger partial charge in [0.15, 0.2) is 5.75 Å². The highest BCUT2D eigenvalue weighted by molar-refractivity contribution is 5.90. The van der Waals surface area contributed by atoms with Crippen LogP contribution in [0.25, 0.3) is 16.6 Å². The number of fused-ring (bicyclic) bond motifs is 2. The molecule has 1 N–H and O–H groups in total. The zero-order valence-corrected chi connectivity index (χ0v) is 27.7. The van der Waals surface area contributed by atoms with Crippen LogP contribution in [0.1, 0.15) is 42.1 Å². The first kappa shape index (κ1) is 32.7. The number of ether oxygens (including phenoxy) is 1. The molecule has 2 amide bonds. The van der Waals surface area contributed by atoms with Gasteiger partial charge in [0.1, 0.15) is 11.3 Å². The van der Waals surface area contributed by atoms with Crippen LogP contribution in [0.15, 0.2) is 73.3 Å². The molecule has 0 radical (unpaired) electrons. The molecular formula is C36H39F3N8O2. The van der Waals surface area contributed by atoms with Crippen molar-refractivity contribution in [3.63, 3.8) is 0 Å².